The van der Waals surface area contributed by atoms with Crippen LogP contribution in [-0.4, -0.2) is 64.4 Å². The van der Waals surface area contributed by atoms with Crippen LogP contribution in [0.1, 0.15) is 29.9 Å². The molecular weight excluding hydrogens is 436 g/mol. The van der Waals surface area contributed by atoms with E-state index in [1.165, 1.54) is 7.11 Å². The number of benzene rings is 1. The number of oxazole rings is 1. The number of aliphatic hydroxyl groups is 1. The van der Waals surface area contributed by atoms with Gasteiger partial charge in [-0.2, -0.15) is 4.98 Å². The second kappa shape index (κ2) is 8.93. The number of nitrogens with zero attached hydrogens (tertiary/aromatic N) is 3. The minimum Gasteiger partial charge on any atom is -0.493 e. The largest absolute Gasteiger partial charge is 0.493 e. The van der Waals surface area contributed by atoms with Gasteiger partial charge in [0, 0.05) is 23.3 Å². The summed E-state index contributed by atoms with van der Waals surface area (Å²) in [5, 5.41) is 13.6. The maximum atomic E-state index is 13.4. The Morgan fingerprint density at radius 3 is 2.97 bits per heavy atom. The number of anilines is 1. The third kappa shape index (κ3) is 4.36. The zero-order valence-corrected chi connectivity index (χ0v) is 18.8. The molecule has 1 fully saturated rings. The fourth-order valence-electron chi connectivity index (χ4n) is 3.61. The summed E-state index contributed by atoms with van der Waals surface area (Å²) in [7, 11) is 1.50. The Hall–Kier alpha value is -2.88. The lowest BCUT2D eigenvalue weighted by Crippen LogP contribution is -2.61. The molecule has 9 nitrogen and oxygen atoms in total. The number of carbonyl (C=O) groups excluding carboxylic acids is 1. The maximum absolute atomic E-state index is 13.4. The van der Waals surface area contributed by atoms with E-state index < -0.39 is 5.54 Å². The minimum absolute atomic E-state index is 0.132. The lowest BCUT2D eigenvalue weighted by atomic mass is 9.97. The van der Waals surface area contributed by atoms with Gasteiger partial charge >= 0.3 is 0 Å². The predicted molar refractivity (Wildman–Crippen MR) is 119 cm³/mol. The third-order valence-electron chi connectivity index (χ3n) is 5.48. The number of hydrogen-bond acceptors (Lipinski definition) is 8. The molecule has 1 aliphatic rings. The molecule has 1 aromatic carbocycles. The predicted octanol–water partition coefficient (Wildman–Crippen LogP) is 3.11. The number of nitrogens with one attached hydrogen (secondary N) is 1. The van der Waals surface area contributed by atoms with Gasteiger partial charge in [0.15, 0.2) is 11.3 Å². The Kier molecular flexibility index (Phi) is 6.23. The summed E-state index contributed by atoms with van der Waals surface area (Å²) >= 11 is 6.00. The Labute approximate surface area is 190 Å². The number of fused-ring (bicyclic) bond motifs is 1. The average molecular weight is 461 g/mol. The van der Waals surface area contributed by atoms with E-state index in [9.17, 15) is 9.90 Å². The first-order valence-electron chi connectivity index (χ1n) is 10.2. The molecule has 10 heteroatoms. The fraction of sp³-hybridized carbons (Fsp3) is 0.409. The quantitative estimate of drug-likeness (QED) is 0.577. The van der Waals surface area contributed by atoms with Crippen molar-refractivity contribution in [2.45, 2.75) is 32.0 Å². The first-order chi connectivity index (χ1) is 15.3. The van der Waals surface area contributed by atoms with Crippen molar-refractivity contribution in [2.75, 3.05) is 32.2 Å². The van der Waals surface area contributed by atoms with E-state index in [-0.39, 0.29) is 31.2 Å². The molecule has 0 spiro atoms. The Balaban J connectivity index is 1.62. The summed E-state index contributed by atoms with van der Waals surface area (Å²) < 4.78 is 16.9. The molecule has 0 aliphatic carbocycles. The lowest BCUT2D eigenvalue weighted by molar-refractivity contribution is -0.0986. The second-order valence-electron chi connectivity index (χ2n) is 8.06. The number of hydrogen-bond donors (Lipinski definition) is 2. The number of aromatic nitrogens is 2. The van der Waals surface area contributed by atoms with E-state index in [0.717, 1.165) is 5.69 Å². The van der Waals surface area contributed by atoms with Crippen LogP contribution >= 0.6 is 11.6 Å². The lowest BCUT2D eigenvalue weighted by Gasteiger charge is -2.45. The van der Waals surface area contributed by atoms with Crippen LogP contribution in [0.4, 0.5) is 6.01 Å². The van der Waals surface area contributed by atoms with Crippen molar-refractivity contribution in [2.24, 2.45) is 0 Å². The summed E-state index contributed by atoms with van der Waals surface area (Å²) in [4.78, 5) is 23.7. The zero-order chi connectivity index (χ0) is 22.9. The number of amides is 1. The van der Waals surface area contributed by atoms with E-state index >= 15 is 0 Å². The molecule has 3 heterocycles. The molecule has 0 bridgehead atoms. The van der Waals surface area contributed by atoms with Crippen LogP contribution in [0.5, 0.6) is 5.75 Å². The molecule has 0 saturated carbocycles. The van der Waals surface area contributed by atoms with Gasteiger partial charge in [0.2, 0.25) is 0 Å². The van der Waals surface area contributed by atoms with Crippen LogP contribution in [0, 0.1) is 0 Å². The van der Waals surface area contributed by atoms with Crippen molar-refractivity contribution >= 4 is 34.6 Å². The number of halogens is 1. The number of rotatable bonds is 6. The van der Waals surface area contributed by atoms with E-state index in [2.05, 4.69) is 15.3 Å². The number of ether oxygens (including phenoxy) is 2. The van der Waals surface area contributed by atoms with Gasteiger partial charge in [0.25, 0.3) is 11.9 Å². The molecule has 2 N–H and O–H groups in total. The smallest absolute Gasteiger partial charge is 0.296 e. The number of pyridine rings is 1. The first kappa shape index (κ1) is 22.3. The van der Waals surface area contributed by atoms with E-state index in [1.54, 1.807) is 42.3 Å². The van der Waals surface area contributed by atoms with Crippen molar-refractivity contribution in [3.8, 4) is 5.75 Å². The maximum Gasteiger partial charge on any atom is 0.296 e. The molecule has 3 aromatic rings. The number of methoxy groups -OCH3 is 1. The second-order valence-corrected chi connectivity index (χ2v) is 8.49. The van der Waals surface area contributed by atoms with E-state index in [1.807, 2.05) is 6.92 Å². The molecule has 1 amide bonds. The van der Waals surface area contributed by atoms with Crippen LogP contribution in [0.2, 0.25) is 5.02 Å². The van der Waals surface area contributed by atoms with Crippen LogP contribution < -0.4 is 10.1 Å². The molecule has 2 aromatic heterocycles. The highest BCUT2D eigenvalue weighted by Crippen LogP contribution is 2.32. The van der Waals surface area contributed by atoms with Crippen molar-refractivity contribution in [1.29, 1.82) is 0 Å². The first-order valence-corrected chi connectivity index (χ1v) is 10.6. The van der Waals surface area contributed by atoms with Gasteiger partial charge in [-0.3, -0.25) is 9.78 Å². The Bertz CT molecular complexity index is 1140. The summed E-state index contributed by atoms with van der Waals surface area (Å²) in [6, 6.07) is 6.99. The number of morpholine rings is 1. The summed E-state index contributed by atoms with van der Waals surface area (Å²) in [5.74, 6) is 0.150. The number of carbonyl (C=O) groups is 1. The van der Waals surface area contributed by atoms with Gasteiger partial charge in [0.05, 0.1) is 44.2 Å². The average Bonchev–Trinajstić information content (AvgIpc) is 3.21. The molecular formula is C22H25ClN4O5. The Morgan fingerprint density at radius 2 is 2.25 bits per heavy atom. The summed E-state index contributed by atoms with van der Waals surface area (Å²) in [5.41, 5.74) is 1.20. The van der Waals surface area contributed by atoms with Crippen LogP contribution in [0.25, 0.3) is 11.1 Å². The van der Waals surface area contributed by atoms with Gasteiger partial charge in [-0.05, 0) is 38.1 Å². The molecule has 1 saturated heterocycles. The highest BCUT2D eigenvalue weighted by atomic mass is 35.5. The standard InChI is InChI=1S/C22H25ClN4O5/c1-13-10-27(22(2,11-28)12-31-13)20(29)14-6-17-19(18(7-14)30-3)32-21(26-17)25-9-16-8-15(23)4-5-24-16/h4-8,13,28H,9-12H2,1-3H3,(H,25,26). The highest BCUT2D eigenvalue weighted by molar-refractivity contribution is 6.30. The molecule has 4 rings (SSSR count). The summed E-state index contributed by atoms with van der Waals surface area (Å²) in [6.45, 7) is 4.47. The van der Waals surface area contributed by atoms with Gasteiger partial charge in [-0.1, -0.05) is 11.6 Å². The number of aliphatic hydroxyl groups excluding tert-OH is 1. The monoisotopic (exact) mass is 460 g/mol. The van der Waals surface area contributed by atoms with Crippen LogP contribution in [0.3, 0.4) is 0 Å². The van der Waals surface area contributed by atoms with Crippen molar-refractivity contribution in [1.82, 2.24) is 14.9 Å². The molecule has 32 heavy (non-hydrogen) atoms. The third-order valence-corrected chi connectivity index (χ3v) is 5.71. The fourth-order valence-corrected chi connectivity index (χ4v) is 3.79. The van der Waals surface area contributed by atoms with Crippen molar-refractivity contribution in [3.63, 3.8) is 0 Å². The molecule has 2 atom stereocenters. The zero-order valence-electron chi connectivity index (χ0n) is 18.1. The van der Waals surface area contributed by atoms with Crippen molar-refractivity contribution < 1.29 is 23.8 Å². The highest BCUT2D eigenvalue weighted by Gasteiger charge is 2.40. The van der Waals surface area contributed by atoms with E-state index in [4.69, 9.17) is 25.5 Å². The molecule has 0 radical (unpaired) electrons. The summed E-state index contributed by atoms with van der Waals surface area (Å²) in [6.07, 6.45) is 1.49. The van der Waals surface area contributed by atoms with Gasteiger partial charge in [0.1, 0.15) is 5.52 Å². The topological polar surface area (TPSA) is 110 Å². The van der Waals surface area contributed by atoms with Gasteiger partial charge in [-0.15, -0.1) is 0 Å². The van der Waals surface area contributed by atoms with Crippen LogP contribution in [0.15, 0.2) is 34.9 Å². The van der Waals surface area contributed by atoms with E-state index in [0.29, 0.717) is 40.5 Å². The molecule has 2 unspecified atom stereocenters. The van der Waals surface area contributed by atoms with Gasteiger partial charge in [-0.25, -0.2) is 0 Å². The SMILES string of the molecule is COc1cc(C(=O)N2CC(C)OCC2(C)CO)cc2nc(NCc3cc(Cl)ccn3)oc12. The van der Waals surface area contributed by atoms with Crippen LogP contribution in [-0.2, 0) is 11.3 Å². The minimum atomic E-state index is -0.813. The molecule has 170 valence electrons. The van der Waals surface area contributed by atoms with Crippen molar-refractivity contribution in [3.05, 3.63) is 46.7 Å². The Morgan fingerprint density at radius 1 is 1.44 bits per heavy atom. The van der Waals surface area contributed by atoms with Gasteiger partial charge < -0.3 is 29.2 Å². The molecule has 1 aliphatic heterocycles. The normalized spacial score (nSPS) is 21.0.